The van der Waals surface area contributed by atoms with Gasteiger partial charge in [0.15, 0.2) is 0 Å². The Morgan fingerprint density at radius 1 is 1.00 bits per heavy atom. The number of carbonyl (C=O) groups is 1. The SMILES string of the molecule is Cc1ccc(NC(=O)Nc2cccc(N)c2)cc1. The second-order valence-electron chi connectivity index (χ2n) is 4.07. The molecule has 0 spiro atoms. The summed E-state index contributed by atoms with van der Waals surface area (Å²) in [5.41, 5.74) is 8.81. The normalized spacial score (nSPS) is 9.83. The van der Waals surface area contributed by atoms with Gasteiger partial charge < -0.3 is 16.4 Å². The molecule has 4 nitrogen and oxygen atoms in total. The van der Waals surface area contributed by atoms with Crippen LogP contribution in [-0.4, -0.2) is 6.03 Å². The first-order chi connectivity index (χ1) is 8.63. The molecule has 0 aromatic heterocycles. The second-order valence-corrected chi connectivity index (χ2v) is 4.07. The molecule has 92 valence electrons. The van der Waals surface area contributed by atoms with Crippen molar-refractivity contribution in [2.75, 3.05) is 16.4 Å². The van der Waals surface area contributed by atoms with Crippen LogP contribution in [0.15, 0.2) is 48.5 Å². The van der Waals surface area contributed by atoms with Crippen molar-refractivity contribution in [3.8, 4) is 0 Å². The van der Waals surface area contributed by atoms with E-state index in [0.29, 0.717) is 11.4 Å². The average Bonchev–Trinajstić information content (AvgIpc) is 2.32. The number of nitrogen functional groups attached to an aromatic ring is 1. The van der Waals surface area contributed by atoms with Crippen molar-refractivity contribution < 1.29 is 4.79 Å². The van der Waals surface area contributed by atoms with Crippen LogP contribution in [0.4, 0.5) is 21.9 Å². The number of hydrogen-bond acceptors (Lipinski definition) is 2. The Bertz CT molecular complexity index is 549. The zero-order chi connectivity index (χ0) is 13.0. The number of benzene rings is 2. The van der Waals surface area contributed by atoms with E-state index in [1.807, 2.05) is 31.2 Å². The third-order valence-corrected chi connectivity index (χ3v) is 2.45. The molecule has 2 amide bonds. The largest absolute Gasteiger partial charge is 0.399 e. The van der Waals surface area contributed by atoms with Gasteiger partial charge in [-0.15, -0.1) is 0 Å². The number of urea groups is 1. The highest BCUT2D eigenvalue weighted by Gasteiger charge is 2.02. The van der Waals surface area contributed by atoms with Gasteiger partial charge in [-0.25, -0.2) is 4.79 Å². The maximum Gasteiger partial charge on any atom is 0.323 e. The predicted molar refractivity (Wildman–Crippen MR) is 74.7 cm³/mol. The van der Waals surface area contributed by atoms with Gasteiger partial charge in [0.05, 0.1) is 0 Å². The van der Waals surface area contributed by atoms with Gasteiger partial charge in [0, 0.05) is 17.1 Å². The maximum atomic E-state index is 11.7. The minimum atomic E-state index is -0.288. The van der Waals surface area contributed by atoms with Crippen LogP contribution in [0.2, 0.25) is 0 Å². The molecule has 0 bridgehead atoms. The van der Waals surface area contributed by atoms with Gasteiger partial charge in [-0.2, -0.15) is 0 Å². The van der Waals surface area contributed by atoms with Crippen molar-refractivity contribution in [2.24, 2.45) is 0 Å². The molecule has 2 aromatic rings. The first kappa shape index (κ1) is 12.0. The molecule has 4 N–H and O–H groups in total. The molecule has 2 rings (SSSR count). The highest BCUT2D eigenvalue weighted by Crippen LogP contribution is 2.13. The molecule has 0 unspecified atom stereocenters. The van der Waals surface area contributed by atoms with E-state index < -0.39 is 0 Å². The molecule has 0 aliphatic rings. The van der Waals surface area contributed by atoms with E-state index in [4.69, 9.17) is 5.73 Å². The van der Waals surface area contributed by atoms with E-state index in [1.54, 1.807) is 24.3 Å². The van der Waals surface area contributed by atoms with Crippen LogP contribution in [0.5, 0.6) is 0 Å². The lowest BCUT2D eigenvalue weighted by atomic mass is 10.2. The van der Waals surface area contributed by atoms with E-state index in [9.17, 15) is 4.79 Å². The van der Waals surface area contributed by atoms with E-state index in [-0.39, 0.29) is 6.03 Å². The van der Waals surface area contributed by atoms with Gasteiger partial charge in [0.2, 0.25) is 0 Å². The smallest absolute Gasteiger partial charge is 0.323 e. The number of carbonyl (C=O) groups excluding carboxylic acids is 1. The Hall–Kier alpha value is -2.49. The minimum Gasteiger partial charge on any atom is -0.399 e. The molecule has 0 fully saturated rings. The number of nitrogens with one attached hydrogen (secondary N) is 2. The Labute approximate surface area is 106 Å². The summed E-state index contributed by atoms with van der Waals surface area (Å²) in [6.45, 7) is 2.00. The summed E-state index contributed by atoms with van der Waals surface area (Å²) in [4.78, 5) is 11.7. The Kier molecular flexibility index (Phi) is 3.48. The molecular weight excluding hydrogens is 226 g/mol. The molecule has 2 aromatic carbocycles. The van der Waals surface area contributed by atoms with Crippen molar-refractivity contribution in [1.82, 2.24) is 0 Å². The molecule has 18 heavy (non-hydrogen) atoms. The van der Waals surface area contributed by atoms with E-state index >= 15 is 0 Å². The Morgan fingerprint density at radius 3 is 2.33 bits per heavy atom. The molecular formula is C14H15N3O. The highest BCUT2D eigenvalue weighted by molar-refractivity contribution is 5.99. The molecule has 0 radical (unpaired) electrons. The fraction of sp³-hybridized carbons (Fsp3) is 0.0714. The van der Waals surface area contributed by atoms with Gasteiger partial charge >= 0.3 is 6.03 Å². The van der Waals surface area contributed by atoms with Crippen molar-refractivity contribution in [3.05, 3.63) is 54.1 Å². The summed E-state index contributed by atoms with van der Waals surface area (Å²) < 4.78 is 0. The first-order valence-electron chi connectivity index (χ1n) is 5.64. The van der Waals surface area contributed by atoms with Gasteiger partial charge in [0.25, 0.3) is 0 Å². The average molecular weight is 241 g/mol. The number of nitrogens with two attached hydrogens (primary N) is 1. The van der Waals surface area contributed by atoms with Crippen molar-refractivity contribution >= 4 is 23.1 Å². The number of rotatable bonds is 2. The Morgan fingerprint density at radius 2 is 1.67 bits per heavy atom. The summed E-state index contributed by atoms with van der Waals surface area (Å²) >= 11 is 0. The van der Waals surface area contributed by atoms with Crippen molar-refractivity contribution in [1.29, 1.82) is 0 Å². The van der Waals surface area contributed by atoms with Gasteiger partial charge in [-0.1, -0.05) is 23.8 Å². The predicted octanol–water partition coefficient (Wildman–Crippen LogP) is 3.22. The third-order valence-electron chi connectivity index (χ3n) is 2.45. The molecule has 0 aliphatic carbocycles. The van der Waals surface area contributed by atoms with Crippen LogP contribution in [0.3, 0.4) is 0 Å². The van der Waals surface area contributed by atoms with Crippen LogP contribution in [0, 0.1) is 6.92 Å². The topological polar surface area (TPSA) is 67.2 Å². The Balaban J connectivity index is 1.98. The maximum absolute atomic E-state index is 11.7. The standard InChI is InChI=1S/C14H15N3O/c1-10-5-7-12(8-6-10)16-14(18)17-13-4-2-3-11(15)9-13/h2-9H,15H2,1H3,(H2,16,17,18). The summed E-state index contributed by atoms with van der Waals surface area (Å²) in [7, 11) is 0. The summed E-state index contributed by atoms with van der Waals surface area (Å²) in [6, 6.07) is 14.3. The van der Waals surface area contributed by atoms with Crippen LogP contribution in [0.1, 0.15) is 5.56 Å². The minimum absolute atomic E-state index is 0.288. The number of anilines is 3. The summed E-state index contributed by atoms with van der Waals surface area (Å²) in [5, 5.41) is 5.46. The van der Waals surface area contributed by atoms with Crippen LogP contribution in [-0.2, 0) is 0 Å². The van der Waals surface area contributed by atoms with Crippen molar-refractivity contribution in [3.63, 3.8) is 0 Å². The zero-order valence-electron chi connectivity index (χ0n) is 10.1. The summed E-state index contributed by atoms with van der Waals surface area (Å²) in [5.74, 6) is 0. The number of amides is 2. The van der Waals surface area contributed by atoms with Crippen LogP contribution < -0.4 is 16.4 Å². The van der Waals surface area contributed by atoms with Gasteiger partial charge in [0.1, 0.15) is 0 Å². The van der Waals surface area contributed by atoms with Crippen LogP contribution in [0.25, 0.3) is 0 Å². The lowest BCUT2D eigenvalue weighted by molar-refractivity contribution is 0.262. The monoisotopic (exact) mass is 241 g/mol. The molecule has 4 heteroatoms. The molecule has 0 atom stereocenters. The fourth-order valence-electron chi connectivity index (χ4n) is 1.55. The number of hydrogen-bond donors (Lipinski definition) is 3. The third kappa shape index (κ3) is 3.25. The second kappa shape index (κ2) is 5.23. The molecule has 0 saturated carbocycles. The molecule has 0 heterocycles. The van der Waals surface area contributed by atoms with E-state index in [2.05, 4.69) is 10.6 Å². The van der Waals surface area contributed by atoms with Gasteiger partial charge in [-0.3, -0.25) is 0 Å². The van der Waals surface area contributed by atoms with E-state index in [1.165, 1.54) is 0 Å². The van der Waals surface area contributed by atoms with Gasteiger partial charge in [-0.05, 0) is 37.3 Å². The lowest BCUT2D eigenvalue weighted by Crippen LogP contribution is -2.19. The first-order valence-corrected chi connectivity index (χ1v) is 5.64. The molecule has 0 saturated heterocycles. The highest BCUT2D eigenvalue weighted by atomic mass is 16.2. The zero-order valence-corrected chi connectivity index (χ0v) is 10.1. The van der Waals surface area contributed by atoms with Crippen LogP contribution >= 0.6 is 0 Å². The lowest BCUT2D eigenvalue weighted by Gasteiger charge is -2.08. The van der Waals surface area contributed by atoms with E-state index in [0.717, 1.165) is 11.3 Å². The summed E-state index contributed by atoms with van der Waals surface area (Å²) in [6.07, 6.45) is 0. The van der Waals surface area contributed by atoms with Crippen molar-refractivity contribution in [2.45, 2.75) is 6.92 Å². The fourth-order valence-corrected chi connectivity index (χ4v) is 1.55. The molecule has 0 aliphatic heterocycles. The quantitative estimate of drug-likeness (QED) is 0.707. The number of aryl methyl sites for hydroxylation is 1.